The van der Waals surface area contributed by atoms with Crippen LogP contribution in [0.2, 0.25) is 0 Å². The number of carbonyl (C=O) groups excluding carboxylic acids is 1. The van der Waals surface area contributed by atoms with E-state index < -0.39 is 11.7 Å². The van der Waals surface area contributed by atoms with Gasteiger partial charge in [0.1, 0.15) is 5.75 Å². The molecule has 5 nitrogen and oxygen atoms in total. The van der Waals surface area contributed by atoms with E-state index in [-0.39, 0.29) is 5.97 Å². The minimum Gasteiger partial charge on any atom is -0.426 e. The van der Waals surface area contributed by atoms with Gasteiger partial charge in [0.05, 0.1) is 11.3 Å². The Morgan fingerprint density at radius 3 is 2.38 bits per heavy atom. The number of aryl methyl sites for hydroxylation is 1. The molecule has 0 fully saturated rings. The number of hydrogen-bond acceptors (Lipinski definition) is 5. The van der Waals surface area contributed by atoms with Gasteiger partial charge in [-0.15, -0.1) is 0 Å². The summed E-state index contributed by atoms with van der Waals surface area (Å²) in [5.74, 6) is 0.791. The van der Waals surface area contributed by atoms with Gasteiger partial charge < -0.3 is 9.64 Å². The van der Waals surface area contributed by atoms with Crippen molar-refractivity contribution in [3.8, 4) is 17.0 Å². The quantitative estimate of drug-likeness (QED) is 0.260. The molecule has 8 heteroatoms. The molecule has 0 atom stereocenters. The van der Waals surface area contributed by atoms with Gasteiger partial charge in [0.25, 0.3) is 0 Å². The van der Waals surface area contributed by atoms with Gasteiger partial charge in [-0.3, -0.25) is 4.79 Å². The molecule has 3 rings (SSSR count). The molecule has 2 aromatic carbocycles. The summed E-state index contributed by atoms with van der Waals surface area (Å²) in [4.78, 5) is 22.8. The number of alkyl halides is 3. The number of aromatic nitrogens is 2. The van der Waals surface area contributed by atoms with Gasteiger partial charge in [-0.1, -0.05) is 38.1 Å². The van der Waals surface area contributed by atoms with Gasteiger partial charge in [0, 0.05) is 31.3 Å². The van der Waals surface area contributed by atoms with Crippen molar-refractivity contribution in [1.29, 1.82) is 0 Å². The molecule has 0 saturated carbocycles. The summed E-state index contributed by atoms with van der Waals surface area (Å²) in [6, 6.07) is 12.3. The molecule has 0 aliphatic rings. The molecular weight excluding hydrogens is 443 g/mol. The molecule has 0 radical (unpaired) electrons. The van der Waals surface area contributed by atoms with Crippen LogP contribution in [0.25, 0.3) is 11.3 Å². The Labute approximate surface area is 197 Å². The Hall–Kier alpha value is -3.42. The van der Waals surface area contributed by atoms with Crippen LogP contribution >= 0.6 is 0 Å². The fourth-order valence-electron chi connectivity index (χ4n) is 3.53. The van der Waals surface area contributed by atoms with E-state index in [1.165, 1.54) is 12.1 Å². The highest BCUT2D eigenvalue weighted by molar-refractivity contribution is 5.72. The number of benzene rings is 2. The van der Waals surface area contributed by atoms with Crippen LogP contribution in [-0.4, -0.2) is 22.5 Å². The highest BCUT2D eigenvalue weighted by Gasteiger charge is 2.30. The molecule has 180 valence electrons. The van der Waals surface area contributed by atoms with E-state index >= 15 is 0 Å². The van der Waals surface area contributed by atoms with Gasteiger partial charge in [0.2, 0.25) is 5.95 Å². The maximum absolute atomic E-state index is 12.9. The van der Waals surface area contributed by atoms with Gasteiger partial charge >= 0.3 is 12.1 Å². The third-order valence-electron chi connectivity index (χ3n) is 5.22. The molecule has 1 aromatic heterocycles. The van der Waals surface area contributed by atoms with Gasteiger partial charge in [-0.05, 0) is 55.2 Å². The second-order valence-corrected chi connectivity index (χ2v) is 8.06. The molecule has 0 aliphatic carbocycles. The predicted octanol–water partition coefficient (Wildman–Crippen LogP) is 6.59. The summed E-state index contributed by atoms with van der Waals surface area (Å²) < 4.78 is 44.1. The summed E-state index contributed by atoms with van der Waals surface area (Å²) in [5, 5.41) is 0. The molecule has 3 aromatic rings. The Bertz CT molecular complexity index is 1120. The first-order valence-electron chi connectivity index (χ1n) is 11.3. The van der Waals surface area contributed by atoms with Gasteiger partial charge in [-0.25, -0.2) is 9.97 Å². The standard InChI is InChI=1S/C26H28F3N3O2/c1-4-6-24(33)34-23-12-7-19(16-18(23)3)17-32(15-5-2)25-30-14-13-22(31-25)20-8-10-21(11-9-20)26(27,28)29/h7-14,16H,4-6,15,17H2,1-3H3. The van der Waals surface area contributed by atoms with Gasteiger partial charge in [0.15, 0.2) is 0 Å². The average Bonchev–Trinajstić information content (AvgIpc) is 2.80. The number of nitrogens with zero attached hydrogens (tertiary/aromatic N) is 3. The van der Waals surface area contributed by atoms with Crippen LogP contribution in [0, 0.1) is 6.92 Å². The van der Waals surface area contributed by atoms with Crippen molar-refractivity contribution in [1.82, 2.24) is 9.97 Å². The maximum atomic E-state index is 12.9. The second kappa shape index (κ2) is 11.1. The third kappa shape index (κ3) is 6.56. The molecule has 0 amide bonds. The monoisotopic (exact) mass is 471 g/mol. The molecule has 0 unspecified atom stereocenters. The fraction of sp³-hybridized carbons (Fsp3) is 0.346. The van der Waals surface area contributed by atoms with Crippen LogP contribution in [0.5, 0.6) is 5.75 Å². The van der Waals surface area contributed by atoms with Crippen molar-refractivity contribution in [3.63, 3.8) is 0 Å². The zero-order chi connectivity index (χ0) is 24.7. The van der Waals surface area contributed by atoms with E-state index in [2.05, 4.69) is 9.97 Å². The van der Waals surface area contributed by atoms with Crippen molar-refractivity contribution in [2.75, 3.05) is 11.4 Å². The fourth-order valence-corrected chi connectivity index (χ4v) is 3.53. The van der Waals surface area contributed by atoms with Crippen molar-refractivity contribution in [2.45, 2.75) is 52.8 Å². The highest BCUT2D eigenvalue weighted by atomic mass is 19.4. The van der Waals surface area contributed by atoms with Crippen molar-refractivity contribution >= 4 is 11.9 Å². The average molecular weight is 472 g/mol. The number of carbonyl (C=O) groups is 1. The molecule has 0 N–H and O–H groups in total. The highest BCUT2D eigenvalue weighted by Crippen LogP contribution is 2.31. The summed E-state index contributed by atoms with van der Waals surface area (Å²) in [5.41, 5.74) is 2.30. The number of halogens is 3. The number of esters is 1. The Kier molecular flexibility index (Phi) is 8.26. The second-order valence-electron chi connectivity index (χ2n) is 8.06. The summed E-state index contributed by atoms with van der Waals surface area (Å²) in [6.07, 6.45) is -0.806. The minimum atomic E-state index is -4.38. The van der Waals surface area contributed by atoms with Crippen molar-refractivity contribution < 1.29 is 22.7 Å². The van der Waals surface area contributed by atoms with E-state index in [1.54, 1.807) is 18.3 Å². The van der Waals surface area contributed by atoms with E-state index in [0.29, 0.717) is 42.5 Å². The topological polar surface area (TPSA) is 55.3 Å². The first-order chi connectivity index (χ1) is 16.2. The van der Waals surface area contributed by atoms with Crippen LogP contribution in [-0.2, 0) is 17.5 Å². The van der Waals surface area contributed by atoms with Gasteiger partial charge in [-0.2, -0.15) is 13.2 Å². The van der Waals surface area contributed by atoms with Crippen LogP contribution in [0.1, 0.15) is 49.8 Å². The summed E-state index contributed by atoms with van der Waals surface area (Å²) in [6.45, 7) is 7.10. The largest absolute Gasteiger partial charge is 0.426 e. The molecule has 0 bridgehead atoms. The SMILES string of the molecule is CCCC(=O)Oc1ccc(CN(CCC)c2nccc(-c3ccc(C(F)(F)F)cc3)n2)cc1C. The number of anilines is 1. The van der Waals surface area contributed by atoms with Crippen LogP contribution in [0.15, 0.2) is 54.7 Å². The summed E-state index contributed by atoms with van der Waals surface area (Å²) >= 11 is 0. The minimum absolute atomic E-state index is 0.251. The maximum Gasteiger partial charge on any atom is 0.416 e. The lowest BCUT2D eigenvalue weighted by Crippen LogP contribution is -2.25. The van der Waals surface area contributed by atoms with Crippen molar-refractivity contribution in [3.05, 3.63) is 71.4 Å². The number of rotatable bonds is 9. The van der Waals surface area contributed by atoms with E-state index in [9.17, 15) is 18.0 Å². The van der Waals surface area contributed by atoms with E-state index in [4.69, 9.17) is 4.74 Å². The lowest BCUT2D eigenvalue weighted by molar-refractivity contribution is -0.137. The number of ether oxygens (including phenoxy) is 1. The molecule has 0 saturated heterocycles. The summed E-state index contributed by atoms with van der Waals surface area (Å²) in [7, 11) is 0. The lowest BCUT2D eigenvalue weighted by atomic mass is 10.1. The number of hydrogen-bond donors (Lipinski definition) is 0. The Morgan fingerprint density at radius 2 is 1.76 bits per heavy atom. The lowest BCUT2D eigenvalue weighted by Gasteiger charge is -2.23. The van der Waals surface area contributed by atoms with Crippen LogP contribution in [0.3, 0.4) is 0 Å². The van der Waals surface area contributed by atoms with E-state index in [0.717, 1.165) is 36.1 Å². The zero-order valence-corrected chi connectivity index (χ0v) is 19.5. The molecule has 34 heavy (non-hydrogen) atoms. The Morgan fingerprint density at radius 1 is 1.03 bits per heavy atom. The Balaban J connectivity index is 1.80. The molecule has 1 heterocycles. The zero-order valence-electron chi connectivity index (χ0n) is 19.5. The molecule has 0 aliphatic heterocycles. The first-order valence-corrected chi connectivity index (χ1v) is 11.3. The van der Waals surface area contributed by atoms with E-state index in [1.807, 2.05) is 37.8 Å². The van der Waals surface area contributed by atoms with Crippen molar-refractivity contribution in [2.24, 2.45) is 0 Å². The predicted molar refractivity (Wildman–Crippen MR) is 126 cm³/mol. The normalized spacial score (nSPS) is 11.4. The van der Waals surface area contributed by atoms with Crippen LogP contribution < -0.4 is 9.64 Å². The first kappa shape index (κ1) is 25.2. The third-order valence-corrected chi connectivity index (χ3v) is 5.22. The molecule has 0 spiro atoms. The molecular formula is C26H28F3N3O2. The smallest absolute Gasteiger partial charge is 0.416 e. The van der Waals surface area contributed by atoms with Crippen LogP contribution in [0.4, 0.5) is 19.1 Å².